The molecule has 666 valence electrons. The Hall–Kier alpha value is -11.5. The van der Waals surface area contributed by atoms with E-state index in [9.17, 15) is 9.50 Å². The van der Waals surface area contributed by atoms with Crippen molar-refractivity contribution in [2.75, 3.05) is 14.2 Å². The van der Waals surface area contributed by atoms with E-state index in [-0.39, 0.29) is 74.2 Å². The van der Waals surface area contributed by atoms with Gasteiger partial charge < -0.3 is 33.5 Å². The zero-order chi connectivity index (χ0) is 93.2. The van der Waals surface area contributed by atoms with Crippen molar-refractivity contribution in [3.63, 3.8) is 0 Å². The van der Waals surface area contributed by atoms with E-state index in [1.54, 1.807) is 63.4 Å². The van der Waals surface area contributed by atoms with Crippen molar-refractivity contribution in [2.45, 2.75) is 278 Å². The molecule has 0 radical (unpaired) electrons. The lowest BCUT2D eigenvalue weighted by molar-refractivity contribution is 0.230. The molecule has 0 aliphatic heterocycles. The van der Waals surface area contributed by atoms with Gasteiger partial charge in [-0.15, -0.1) is 0 Å². The van der Waals surface area contributed by atoms with Crippen molar-refractivity contribution < 1.29 is 37.9 Å². The van der Waals surface area contributed by atoms with Crippen molar-refractivity contribution in [3.05, 3.63) is 238 Å². The summed E-state index contributed by atoms with van der Waals surface area (Å²) in [6, 6.07) is 35.3. The number of nitrogens with zero attached hydrogens (tertiary/aromatic N) is 13. The summed E-state index contributed by atoms with van der Waals surface area (Å²) in [7, 11) is 3.31. The van der Waals surface area contributed by atoms with Crippen LogP contribution in [-0.4, -0.2) is 109 Å². The zero-order valence-electron chi connectivity index (χ0n) is 80.3. The molecule has 0 atom stereocenters. The van der Waals surface area contributed by atoms with E-state index >= 15 is 0 Å². The van der Waals surface area contributed by atoms with Crippen LogP contribution in [-0.2, 0) is 32.5 Å². The molecule has 0 saturated carbocycles. The van der Waals surface area contributed by atoms with Gasteiger partial charge in [0.25, 0.3) is 0 Å². The van der Waals surface area contributed by atoms with Crippen LogP contribution in [0.1, 0.15) is 248 Å². The van der Waals surface area contributed by atoms with E-state index < -0.39 is 0 Å². The van der Waals surface area contributed by atoms with Crippen molar-refractivity contribution in [1.82, 2.24) is 64.8 Å². The van der Waals surface area contributed by atoms with Gasteiger partial charge in [-0.3, -0.25) is 29.9 Å². The first-order valence-corrected chi connectivity index (χ1v) is 42.9. The Morgan fingerprint density at radius 3 is 0.904 bits per heavy atom. The number of pyridine rings is 1. The molecule has 0 fully saturated rings. The highest BCUT2D eigenvalue weighted by atomic mass is 35.5. The molecule has 12 aromatic rings. The molecular formula is C103H133ClFN13O7. The predicted octanol–water partition coefficient (Wildman–Crippen LogP) is 25.6. The molecule has 0 saturated heterocycles. The molecule has 0 bridgehead atoms. The van der Waals surface area contributed by atoms with Crippen LogP contribution in [0.2, 0.25) is 5.02 Å². The minimum atomic E-state index is -0.383. The predicted molar refractivity (Wildman–Crippen MR) is 506 cm³/mol. The number of phenolic OH excluding ortho intramolecular Hbond substituents is 1. The summed E-state index contributed by atoms with van der Waals surface area (Å²) in [4.78, 5) is 59.6. The number of aromatic nitrogens is 13. The smallest absolute Gasteiger partial charge is 0.213 e. The number of aryl methyl sites for hydroxylation is 6. The first kappa shape index (κ1) is 101. The number of rotatable bonds is 16. The highest BCUT2D eigenvalue weighted by Crippen LogP contribution is 2.38. The third-order valence-corrected chi connectivity index (χ3v) is 19.2. The summed E-state index contributed by atoms with van der Waals surface area (Å²) >= 11 is 6.31. The van der Waals surface area contributed by atoms with E-state index in [0.29, 0.717) is 33.7 Å². The fourth-order valence-electron chi connectivity index (χ4n) is 13.3. The number of methoxy groups -OCH3 is 2. The second-order valence-electron chi connectivity index (χ2n) is 38.1. The van der Waals surface area contributed by atoms with Gasteiger partial charge in [0, 0.05) is 78.1 Å². The monoisotopic (exact) mass is 1720 g/mol. The first-order chi connectivity index (χ1) is 58.1. The summed E-state index contributed by atoms with van der Waals surface area (Å²) in [5.41, 5.74) is 21.8. The maximum Gasteiger partial charge on any atom is 0.213 e. The van der Waals surface area contributed by atoms with Gasteiger partial charge in [-0.25, -0.2) is 39.3 Å². The molecule has 0 unspecified atom stereocenters. The highest BCUT2D eigenvalue weighted by molar-refractivity contribution is 6.32. The molecular weight excluding hydrogens is 1590 g/mol. The molecule has 1 N–H and O–H groups in total. The molecule has 20 nitrogen and oxygen atoms in total. The van der Waals surface area contributed by atoms with Crippen LogP contribution in [0.3, 0.4) is 0 Å². The lowest BCUT2D eigenvalue weighted by Crippen LogP contribution is -2.17. The van der Waals surface area contributed by atoms with Crippen LogP contribution in [0.5, 0.6) is 40.4 Å². The molecule has 22 heteroatoms. The lowest BCUT2D eigenvalue weighted by Gasteiger charge is -2.20. The Balaban J connectivity index is 0.000000206. The van der Waals surface area contributed by atoms with Crippen LogP contribution in [0.15, 0.2) is 159 Å². The van der Waals surface area contributed by atoms with E-state index in [1.165, 1.54) is 6.07 Å². The topological polar surface area (TPSA) is 243 Å². The molecule has 12 rings (SSSR count). The standard InChI is InChI=1S/C19H26N2O2.C18H23ClN2O.C18H23FN2O.C17H23N3O.C16H20N2O.C15H18N2O/c1-12(2)23-16-9-8-14(10-17(16)22-7)15-11-20-13(3)18(21-15)19(4,5)6;2*1-11(2)22-16-8-7-13(9-14(16)19)15-10-20-12(3)17(21-15)18(4,5)6;1-11(2)21-15-8-7-13(9-19-15)14-10-18-12(3)16(20-14)17(4,5)6;1-11-15(16(2,3)4)18-14(10-17-11)12-7-6-8-13(9-12)19-5;1-10-14(15(2,3)4)17-13(9-16-10)11-6-5-7-12(18)8-11/h8-12H,1-7H3;2*7-11H,1-6H3;7-11H,1-6H3;6-10H,1-5H3;5-9,18H,1-4H3. The Labute approximate surface area is 748 Å². The van der Waals surface area contributed by atoms with Gasteiger partial charge in [0.15, 0.2) is 23.1 Å². The summed E-state index contributed by atoms with van der Waals surface area (Å²) in [6.45, 7) is 65.9. The number of hydrogen-bond donors (Lipinski definition) is 1. The van der Waals surface area contributed by atoms with Crippen LogP contribution >= 0.6 is 11.6 Å². The molecule has 0 aliphatic rings. The summed E-state index contributed by atoms with van der Waals surface area (Å²) in [5.74, 6) is 3.71. The average Bonchev–Trinajstić information content (AvgIpc) is 0.814. The number of phenols is 1. The number of aromatic hydroxyl groups is 1. The zero-order valence-corrected chi connectivity index (χ0v) is 81.0. The highest BCUT2D eigenvalue weighted by Gasteiger charge is 2.27. The van der Waals surface area contributed by atoms with Crippen molar-refractivity contribution in [1.29, 1.82) is 0 Å². The van der Waals surface area contributed by atoms with Crippen LogP contribution in [0.4, 0.5) is 4.39 Å². The molecule has 0 aliphatic carbocycles. The first-order valence-electron chi connectivity index (χ1n) is 42.5. The third kappa shape index (κ3) is 29.6. The molecule has 0 spiro atoms. The van der Waals surface area contributed by atoms with Crippen LogP contribution in [0, 0.1) is 47.4 Å². The molecule has 7 heterocycles. The van der Waals surface area contributed by atoms with E-state index in [1.807, 2.05) is 200 Å². The Bertz CT molecular complexity index is 5460. The number of benzene rings is 5. The minimum Gasteiger partial charge on any atom is -0.508 e. The van der Waals surface area contributed by atoms with E-state index in [2.05, 4.69) is 169 Å². The van der Waals surface area contributed by atoms with Crippen LogP contribution in [0.25, 0.3) is 67.5 Å². The maximum absolute atomic E-state index is 14.1. The second-order valence-corrected chi connectivity index (χ2v) is 38.5. The fourth-order valence-corrected chi connectivity index (χ4v) is 13.5. The summed E-state index contributed by atoms with van der Waals surface area (Å²) < 4.78 is 47.2. The Morgan fingerprint density at radius 1 is 0.296 bits per heavy atom. The second kappa shape index (κ2) is 43.0. The number of halogens is 2. The number of hydrogen-bond acceptors (Lipinski definition) is 20. The molecule has 5 aromatic carbocycles. The maximum atomic E-state index is 14.1. The summed E-state index contributed by atoms with van der Waals surface area (Å²) in [6.07, 6.45) is 12.7. The van der Waals surface area contributed by atoms with Gasteiger partial charge in [0.05, 0.1) is 183 Å². The van der Waals surface area contributed by atoms with Gasteiger partial charge in [0.2, 0.25) is 5.88 Å². The average molecular weight is 1720 g/mol. The van der Waals surface area contributed by atoms with Crippen molar-refractivity contribution >= 4 is 11.6 Å². The van der Waals surface area contributed by atoms with Gasteiger partial charge >= 0.3 is 0 Å². The number of ether oxygens (including phenoxy) is 6. The summed E-state index contributed by atoms with van der Waals surface area (Å²) in [5, 5.41) is 10.1. The normalized spacial score (nSPS) is 11.7. The largest absolute Gasteiger partial charge is 0.508 e. The van der Waals surface area contributed by atoms with Gasteiger partial charge in [-0.2, -0.15) is 0 Å². The van der Waals surface area contributed by atoms with Gasteiger partial charge in [0.1, 0.15) is 17.2 Å². The van der Waals surface area contributed by atoms with E-state index in [0.717, 1.165) is 136 Å². The Kier molecular flexibility index (Phi) is 34.6. The van der Waals surface area contributed by atoms with Gasteiger partial charge in [-0.1, -0.05) is 160 Å². The van der Waals surface area contributed by atoms with Crippen LogP contribution < -0.4 is 28.4 Å². The Morgan fingerprint density at radius 2 is 0.592 bits per heavy atom. The lowest BCUT2D eigenvalue weighted by atomic mass is 9.90. The molecule has 7 aromatic heterocycles. The minimum absolute atomic E-state index is 0.00798. The molecule has 125 heavy (non-hydrogen) atoms. The quantitative estimate of drug-likeness (QED) is 0.0945. The van der Waals surface area contributed by atoms with Crippen molar-refractivity contribution in [2.24, 2.45) is 0 Å². The molecule has 0 amide bonds. The van der Waals surface area contributed by atoms with Gasteiger partial charge in [-0.05, 0) is 182 Å². The third-order valence-electron chi connectivity index (χ3n) is 18.9. The fraction of sp³-hybridized carbons (Fsp3) is 0.427. The van der Waals surface area contributed by atoms with Crippen molar-refractivity contribution in [3.8, 4) is 108 Å². The van der Waals surface area contributed by atoms with E-state index in [4.69, 9.17) is 60.0 Å². The SMILES string of the molecule is COc1cc(-c2cnc(C)c(C(C)(C)C)n2)ccc1OC(C)C.COc1cccc(-c2cnc(C)c(C(C)(C)C)n2)c1.Cc1ncc(-c2ccc(OC(C)C)c(Cl)c2)nc1C(C)(C)C.Cc1ncc(-c2ccc(OC(C)C)c(F)c2)nc1C(C)(C)C.Cc1ncc(-c2ccc(OC(C)C)nc2)nc1C(C)(C)C.Cc1ncc(-c2cccc(O)c2)nc1C(C)(C)C.